The molecule has 4 rings (SSSR count). The van der Waals surface area contributed by atoms with E-state index in [1.807, 2.05) is 31.2 Å². The van der Waals surface area contributed by atoms with E-state index in [0.717, 1.165) is 33.8 Å². The van der Waals surface area contributed by atoms with Crippen molar-refractivity contribution in [3.05, 3.63) is 53.5 Å². The Morgan fingerprint density at radius 2 is 2.00 bits per heavy atom. The van der Waals surface area contributed by atoms with Crippen LogP contribution in [0.1, 0.15) is 17.1 Å². The van der Waals surface area contributed by atoms with Gasteiger partial charge in [-0.05, 0) is 19.5 Å². The van der Waals surface area contributed by atoms with Crippen LogP contribution in [0, 0.1) is 6.92 Å². The monoisotopic (exact) mass is 340 g/mol. The maximum absolute atomic E-state index is 5.12. The fourth-order valence-electron chi connectivity index (χ4n) is 2.52. The third-order valence-electron chi connectivity index (χ3n) is 3.61. The van der Waals surface area contributed by atoms with Crippen molar-refractivity contribution in [1.82, 2.24) is 29.9 Å². The van der Waals surface area contributed by atoms with Crippen LogP contribution < -0.4 is 0 Å². The van der Waals surface area contributed by atoms with Crippen molar-refractivity contribution < 1.29 is 4.52 Å². The van der Waals surface area contributed by atoms with Gasteiger partial charge in [0.25, 0.3) is 0 Å². The molecule has 3 heterocycles. The molecular formula is C16H16N6OS. The zero-order valence-electron chi connectivity index (χ0n) is 13.4. The van der Waals surface area contributed by atoms with Gasteiger partial charge in [-0.3, -0.25) is 4.90 Å². The van der Waals surface area contributed by atoms with Crippen LogP contribution in [0.4, 0.5) is 0 Å². The average molecular weight is 340 g/mol. The minimum Gasteiger partial charge on any atom is -0.361 e. The van der Waals surface area contributed by atoms with Gasteiger partial charge >= 0.3 is 0 Å². The van der Waals surface area contributed by atoms with Crippen molar-refractivity contribution in [3.8, 4) is 10.7 Å². The second-order valence-corrected chi connectivity index (χ2v) is 6.65. The number of nitrogens with zero attached hydrogens (tertiary/aromatic N) is 6. The number of hydrogen-bond acceptors (Lipinski definition) is 7. The lowest BCUT2D eigenvalue weighted by molar-refractivity contribution is 0.308. The summed E-state index contributed by atoms with van der Waals surface area (Å²) in [6.45, 7) is 3.37. The number of aryl methyl sites for hydroxylation is 1. The van der Waals surface area contributed by atoms with Gasteiger partial charge in [-0.2, -0.15) is 9.61 Å². The molecular weight excluding hydrogens is 324 g/mol. The predicted octanol–water partition coefficient (Wildman–Crippen LogP) is 2.78. The van der Waals surface area contributed by atoms with E-state index in [1.54, 1.807) is 4.52 Å². The molecule has 0 unspecified atom stereocenters. The fraction of sp³-hybridized carbons (Fsp3) is 0.250. The maximum atomic E-state index is 5.12. The molecule has 0 fully saturated rings. The summed E-state index contributed by atoms with van der Waals surface area (Å²) in [5.41, 5.74) is 1.99. The third-order valence-corrected chi connectivity index (χ3v) is 4.53. The molecule has 4 aromatic rings. The van der Waals surface area contributed by atoms with E-state index in [2.05, 4.69) is 44.5 Å². The van der Waals surface area contributed by atoms with Gasteiger partial charge < -0.3 is 4.52 Å². The third kappa shape index (κ3) is 2.93. The number of rotatable bonds is 5. The summed E-state index contributed by atoms with van der Waals surface area (Å²) < 4.78 is 6.90. The van der Waals surface area contributed by atoms with Gasteiger partial charge in [-0.25, -0.2) is 0 Å². The quantitative estimate of drug-likeness (QED) is 0.556. The zero-order chi connectivity index (χ0) is 16.5. The molecule has 3 aromatic heterocycles. The first-order chi connectivity index (χ1) is 11.7. The molecule has 0 radical (unpaired) electrons. The van der Waals surface area contributed by atoms with E-state index in [9.17, 15) is 0 Å². The second-order valence-electron chi connectivity index (χ2n) is 5.70. The number of hydrogen-bond donors (Lipinski definition) is 0. The molecule has 8 heteroatoms. The standard InChI is InChI=1S/C16H16N6OS/c1-11-8-13(20-23-11)15-19-22-14(17-18-16(22)24-15)10-21(2)9-12-6-4-3-5-7-12/h3-8H,9-10H2,1-2H3. The lowest BCUT2D eigenvalue weighted by atomic mass is 10.2. The molecule has 0 aliphatic carbocycles. The smallest absolute Gasteiger partial charge is 0.235 e. The van der Waals surface area contributed by atoms with Crippen molar-refractivity contribution >= 4 is 16.3 Å². The highest BCUT2D eigenvalue weighted by Crippen LogP contribution is 2.25. The molecule has 0 bridgehead atoms. The first-order valence-electron chi connectivity index (χ1n) is 7.56. The lowest BCUT2D eigenvalue weighted by Crippen LogP contribution is -2.19. The van der Waals surface area contributed by atoms with Gasteiger partial charge in [-0.15, -0.1) is 10.2 Å². The largest absolute Gasteiger partial charge is 0.361 e. The van der Waals surface area contributed by atoms with Crippen molar-refractivity contribution in [2.45, 2.75) is 20.0 Å². The molecule has 1 aromatic carbocycles. The average Bonchev–Trinajstić information content (AvgIpc) is 3.25. The van der Waals surface area contributed by atoms with Gasteiger partial charge in [0.1, 0.15) is 11.5 Å². The summed E-state index contributed by atoms with van der Waals surface area (Å²) in [5, 5.41) is 17.8. The van der Waals surface area contributed by atoms with Crippen molar-refractivity contribution in [2.24, 2.45) is 0 Å². The van der Waals surface area contributed by atoms with E-state index in [4.69, 9.17) is 4.52 Å². The first kappa shape index (κ1) is 15.0. The minimum atomic E-state index is 0.664. The van der Waals surface area contributed by atoms with Gasteiger partial charge in [0.05, 0.1) is 6.54 Å². The molecule has 0 amide bonds. The summed E-state index contributed by atoms with van der Waals surface area (Å²) in [6.07, 6.45) is 0. The molecule has 0 spiro atoms. The van der Waals surface area contributed by atoms with E-state index < -0.39 is 0 Å². The van der Waals surface area contributed by atoms with Crippen molar-refractivity contribution in [3.63, 3.8) is 0 Å². The topological polar surface area (TPSA) is 72.3 Å². The maximum Gasteiger partial charge on any atom is 0.235 e. The Labute approximate surface area is 142 Å². The first-order valence-corrected chi connectivity index (χ1v) is 8.38. The van der Waals surface area contributed by atoms with Crippen LogP contribution in [0.15, 0.2) is 40.9 Å². The number of aromatic nitrogens is 5. The van der Waals surface area contributed by atoms with Gasteiger partial charge in [0.2, 0.25) is 4.96 Å². The Hall–Kier alpha value is -2.58. The summed E-state index contributed by atoms with van der Waals surface area (Å²) in [4.78, 5) is 2.94. The van der Waals surface area contributed by atoms with E-state index >= 15 is 0 Å². The van der Waals surface area contributed by atoms with Crippen molar-refractivity contribution in [2.75, 3.05) is 7.05 Å². The van der Waals surface area contributed by atoms with Crippen LogP contribution in [0.25, 0.3) is 15.7 Å². The molecule has 0 aliphatic heterocycles. The summed E-state index contributed by atoms with van der Waals surface area (Å²) in [6, 6.07) is 12.2. The Kier molecular flexibility index (Phi) is 3.83. The highest BCUT2D eigenvalue weighted by Gasteiger charge is 2.16. The van der Waals surface area contributed by atoms with E-state index in [0.29, 0.717) is 6.54 Å². The molecule has 7 nitrogen and oxygen atoms in total. The number of fused-ring (bicyclic) bond motifs is 1. The fourth-order valence-corrected chi connectivity index (χ4v) is 3.33. The highest BCUT2D eigenvalue weighted by atomic mass is 32.1. The van der Waals surface area contributed by atoms with Gasteiger partial charge in [0.15, 0.2) is 10.8 Å². The van der Waals surface area contributed by atoms with Crippen molar-refractivity contribution in [1.29, 1.82) is 0 Å². The normalized spacial score (nSPS) is 11.6. The molecule has 24 heavy (non-hydrogen) atoms. The molecule has 0 atom stereocenters. The van der Waals surface area contributed by atoms with Crippen LogP contribution in [0.5, 0.6) is 0 Å². The van der Waals surface area contributed by atoms with Crippen LogP contribution in [0.2, 0.25) is 0 Å². The Morgan fingerprint density at radius 1 is 1.17 bits per heavy atom. The summed E-state index contributed by atoms with van der Waals surface area (Å²) in [7, 11) is 2.06. The SMILES string of the molecule is Cc1cc(-c2nn3c(CN(C)Cc4ccccc4)nnc3s2)no1. The molecule has 0 saturated carbocycles. The Bertz CT molecular complexity index is 957. The minimum absolute atomic E-state index is 0.664. The molecule has 0 N–H and O–H groups in total. The van der Waals surface area contributed by atoms with E-state index in [-0.39, 0.29) is 0 Å². The zero-order valence-corrected chi connectivity index (χ0v) is 14.2. The molecule has 122 valence electrons. The lowest BCUT2D eigenvalue weighted by Gasteiger charge is -2.14. The Balaban J connectivity index is 1.55. The number of benzene rings is 1. The van der Waals surface area contributed by atoms with Crippen LogP contribution in [-0.4, -0.2) is 36.9 Å². The van der Waals surface area contributed by atoms with E-state index in [1.165, 1.54) is 16.9 Å². The highest BCUT2D eigenvalue weighted by molar-refractivity contribution is 7.19. The second kappa shape index (κ2) is 6.14. The summed E-state index contributed by atoms with van der Waals surface area (Å²) >= 11 is 1.45. The Morgan fingerprint density at radius 3 is 2.75 bits per heavy atom. The van der Waals surface area contributed by atoms with Gasteiger partial charge in [0, 0.05) is 12.6 Å². The van der Waals surface area contributed by atoms with Crippen LogP contribution in [0.3, 0.4) is 0 Å². The van der Waals surface area contributed by atoms with Gasteiger partial charge in [-0.1, -0.05) is 46.8 Å². The summed E-state index contributed by atoms with van der Waals surface area (Å²) in [5.74, 6) is 1.57. The van der Waals surface area contributed by atoms with Crippen LogP contribution in [-0.2, 0) is 13.1 Å². The molecule has 0 saturated heterocycles. The van der Waals surface area contributed by atoms with Crippen LogP contribution >= 0.6 is 11.3 Å². The molecule has 0 aliphatic rings. The predicted molar refractivity (Wildman–Crippen MR) is 90.5 cm³/mol.